The highest BCUT2D eigenvalue weighted by Crippen LogP contribution is 2.32. The van der Waals surface area contributed by atoms with E-state index in [9.17, 15) is 30.4 Å². The van der Waals surface area contributed by atoms with E-state index in [0.717, 1.165) is 35.9 Å². The van der Waals surface area contributed by atoms with E-state index in [1.165, 1.54) is 18.2 Å². The Hall–Kier alpha value is -4.05. The summed E-state index contributed by atoms with van der Waals surface area (Å²) in [6.45, 7) is 0. The molecule has 10 heteroatoms. The van der Waals surface area contributed by atoms with Crippen molar-refractivity contribution in [3.63, 3.8) is 0 Å². The zero-order valence-corrected chi connectivity index (χ0v) is 19.7. The van der Waals surface area contributed by atoms with E-state index in [-0.39, 0.29) is 16.0 Å². The van der Waals surface area contributed by atoms with Gasteiger partial charge in [-0.1, -0.05) is 36.4 Å². The summed E-state index contributed by atoms with van der Waals surface area (Å²) in [5.41, 5.74) is 1.79. The molecule has 1 heterocycles. The minimum absolute atomic E-state index is 0.0305. The third-order valence-corrected chi connectivity index (χ3v) is 7.55. The second-order valence-electron chi connectivity index (χ2n) is 8.41. The van der Waals surface area contributed by atoms with E-state index in [1.807, 2.05) is 0 Å². The fourth-order valence-corrected chi connectivity index (χ4v) is 5.29. The topological polar surface area (TPSA) is 62.8 Å². The maximum Gasteiger partial charge on any atom is 0.416 e. The molecule has 0 aliphatic carbocycles. The Kier molecular flexibility index (Phi) is 6.07. The molecular formula is C27H17F5N2O2S. The second-order valence-corrected chi connectivity index (χ2v) is 10.4. The zero-order chi connectivity index (χ0) is 26.4. The maximum atomic E-state index is 13.9. The normalized spacial score (nSPS) is 12.2. The number of aromatic nitrogens is 2. The SMILES string of the molecule is O=S(=O)(Cc1cc(F)ccc1F)c1ccc(-c2ccc(-c3nc4ccc(C(F)(F)F)cc4[nH]3)cc2)cc1. The molecule has 188 valence electrons. The summed E-state index contributed by atoms with van der Waals surface area (Å²) in [4.78, 5) is 7.23. The van der Waals surface area contributed by atoms with Gasteiger partial charge >= 0.3 is 6.18 Å². The minimum Gasteiger partial charge on any atom is -0.338 e. The lowest BCUT2D eigenvalue weighted by atomic mass is 10.0. The summed E-state index contributed by atoms with van der Waals surface area (Å²) >= 11 is 0. The quantitative estimate of drug-likeness (QED) is 0.246. The van der Waals surface area contributed by atoms with Crippen molar-refractivity contribution in [2.75, 3.05) is 0 Å². The van der Waals surface area contributed by atoms with Crippen molar-refractivity contribution in [1.29, 1.82) is 0 Å². The molecule has 0 atom stereocenters. The number of fused-ring (bicyclic) bond motifs is 1. The largest absolute Gasteiger partial charge is 0.416 e. The lowest BCUT2D eigenvalue weighted by Gasteiger charge is -2.08. The molecule has 0 aliphatic heterocycles. The van der Waals surface area contributed by atoms with Gasteiger partial charge in [0.15, 0.2) is 9.84 Å². The smallest absolute Gasteiger partial charge is 0.338 e. The molecule has 0 aliphatic rings. The van der Waals surface area contributed by atoms with Crippen molar-refractivity contribution in [2.24, 2.45) is 0 Å². The first-order chi connectivity index (χ1) is 17.5. The van der Waals surface area contributed by atoms with E-state index in [4.69, 9.17) is 0 Å². The molecule has 4 aromatic carbocycles. The van der Waals surface area contributed by atoms with E-state index in [2.05, 4.69) is 9.97 Å². The summed E-state index contributed by atoms with van der Waals surface area (Å²) in [5, 5.41) is 0. The van der Waals surface area contributed by atoms with Crippen molar-refractivity contribution in [3.8, 4) is 22.5 Å². The Balaban J connectivity index is 1.36. The average molecular weight is 529 g/mol. The van der Waals surface area contributed by atoms with E-state index in [0.29, 0.717) is 22.5 Å². The number of aromatic amines is 1. The molecule has 0 saturated carbocycles. The van der Waals surface area contributed by atoms with Crippen LogP contribution in [0.5, 0.6) is 0 Å². The number of hydrogen-bond donors (Lipinski definition) is 1. The van der Waals surface area contributed by atoms with Crippen LogP contribution in [0.1, 0.15) is 11.1 Å². The lowest BCUT2D eigenvalue weighted by molar-refractivity contribution is -0.137. The predicted molar refractivity (Wildman–Crippen MR) is 129 cm³/mol. The minimum atomic E-state index is -4.45. The van der Waals surface area contributed by atoms with Crippen molar-refractivity contribution in [1.82, 2.24) is 9.97 Å². The maximum absolute atomic E-state index is 13.9. The number of nitrogens with one attached hydrogen (secondary N) is 1. The summed E-state index contributed by atoms with van der Waals surface area (Å²) in [6.07, 6.45) is -4.45. The average Bonchev–Trinajstić information content (AvgIpc) is 3.29. The first kappa shape index (κ1) is 24.6. The number of halogens is 5. The lowest BCUT2D eigenvalue weighted by Crippen LogP contribution is -2.07. The zero-order valence-electron chi connectivity index (χ0n) is 18.9. The third kappa shape index (κ3) is 5.10. The van der Waals surface area contributed by atoms with Crippen molar-refractivity contribution in [2.45, 2.75) is 16.8 Å². The number of H-pyrrole nitrogens is 1. The molecule has 5 rings (SSSR count). The molecule has 1 N–H and O–H groups in total. The molecule has 0 bridgehead atoms. The van der Waals surface area contributed by atoms with Crippen LogP contribution in [0.3, 0.4) is 0 Å². The highest BCUT2D eigenvalue weighted by Gasteiger charge is 2.30. The Morgan fingerprint density at radius 3 is 2.03 bits per heavy atom. The first-order valence-corrected chi connectivity index (χ1v) is 12.6. The molecule has 4 nitrogen and oxygen atoms in total. The molecule has 37 heavy (non-hydrogen) atoms. The Morgan fingerprint density at radius 1 is 0.757 bits per heavy atom. The fourth-order valence-electron chi connectivity index (χ4n) is 3.94. The van der Waals surface area contributed by atoms with Gasteiger partial charge in [-0.15, -0.1) is 0 Å². The summed E-state index contributed by atoms with van der Waals surface area (Å²) < 4.78 is 91.6. The molecule has 0 saturated heterocycles. The van der Waals surface area contributed by atoms with Gasteiger partial charge in [-0.3, -0.25) is 0 Å². The van der Waals surface area contributed by atoms with Gasteiger partial charge in [0.1, 0.15) is 17.5 Å². The number of benzene rings is 4. The van der Waals surface area contributed by atoms with Crippen LogP contribution in [0.4, 0.5) is 22.0 Å². The van der Waals surface area contributed by atoms with Crippen LogP contribution in [-0.2, 0) is 21.8 Å². The van der Waals surface area contributed by atoms with Crippen LogP contribution < -0.4 is 0 Å². The van der Waals surface area contributed by atoms with Gasteiger partial charge in [-0.2, -0.15) is 13.2 Å². The van der Waals surface area contributed by atoms with Crippen LogP contribution in [0.25, 0.3) is 33.5 Å². The molecule has 0 unspecified atom stereocenters. The monoisotopic (exact) mass is 528 g/mol. The Morgan fingerprint density at radius 2 is 1.38 bits per heavy atom. The van der Waals surface area contributed by atoms with Gasteiger partial charge in [0, 0.05) is 11.1 Å². The van der Waals surface area contributed by atoms with Crippen LogP contribution in [-0.4, -0.2) is 18.4 Å². The third-order valence-electron chi connectivity index (χ3n) is 5.87. The van der Waals surface area contributed by atoms with Crippen LogP contribution in [0, 0.1) is 11.6 Å². The van der Waals surface area contributed by atoms with Gasteiger partial charge in [-0.05, 0) is 59.7 Å². The Bertz CT molecular complexity index is 1710. The number of sulfone groups is 1. The highest BCUT2D eigenvalue weighted by atomic mass is 32.2. The molecule has 0 amide bonds. The number of nitrogens with zero attached hydrogens (tertiary/aromatic N) is 1. The highest BCUT2D eigenvalue weighted by molar-refractivity contribution is 7.90. The second kappa shape index (κ2) is 9.11. The van der Waals surface area contributed by atoms with Gasteiger partial charge < -0.3 is 4.98 Å². The van der Waals surface area contributed by atoms with Crippen molar-refractivity contribution >= 4 is 20.9 Å². The van der Waals surface area contributed by atoms with Gasteiger partial charge in [0.05, 0.1) is 27.2 Å². The molecule has 5 aromatic rings. The molecule has 1 aromatic heterocycles. The van der Waals surface area contributed by atoms with E-state index < -0.39 is 39.0 Å². The molecule has 0 radical (unpaired) electrons. The summed E-state index contributed by atoms with van der Waals surface area (Å²) in [5.74, 6) is -1.79. The molecular weight excluding hydrogens is 511 g/mol. The van der Waals surface area contributed by atoms with Gasteiger partial charge in [0.2, 0.25) is 0 Å². The number of alkyl halides is 3. The van der Waals surface area contributed by atoms with Gasteiger partial charge in [0.25, 0.3) is 0 Å². The van der Waals surface area contributed by atoms with Crippen molar-refractivity contribution < 1.29 is 30.4 Å². The first-order valence-electron chi connectivity index (χ1n) is 10.9. The number of imidazole rings is 1. The number of hydrogen-bond acceptors (Lipinski definition) is 3. The standard InChI is InChI=1S/C27H17F5N2O2S/c28-21-8-11-23(29)19(13-21)15-37(35,36)22-9-5-17(6-10-22)16-1-3-18(4-2-16)26-33-24-12-7-20(27(30,31)32)14-25(24)34-26/h1-14H,15H2,(H,33,34). The fraction of sp³-hybridized carbons (Fsp3) is 0.0741. The van der Waals surface area contributed by atoms with Crippen LogP contribution >= 0.6 is 0 Å². The number of rotatable bonds is 5. The van der Waals surface area contributed by atoms with Crippen LogP contribution in [0.2, 0.25) is 0 Å². The van der Waals surface area contributed by atoms with Crippen molar-refractivity contribution in [3.05, 3.63) is 108 Å². The predicted octanol–water partition coefficient (Wildman–Crippen LogP) is 7.17. The van der Waals surface area contributed by atoms with Gasteiger partial charge in [-0.25, -0.2) is 22.2 Å². The molecule has 0 fully saturated rings. The summed E-state index contributed by atoms with van der Waals surface area (Å²) in [7, 11) is -3.91. The Labute approximate surface area is 208 Å². The summed E-state index contributed by atoms with van der Waals surface area (Å²) in [6, 6.07) is 19.0. The molecule has 0 spiro atoms. The van der Waals surface area contributed by atoms with E-state index >= 15 is 0 Å². The van der Waals surface area contributed by atoms with Crippen LogP contribution in [0.15, 0.2) is 89.8 Å². The van der Waals surface area contributed by atoms with E-state index in [1.54, 1.807) is 36.4 Å².